The van der Waals surface area contributed by atoms with Gasteiger partial charge in [-0.05, 0) is 32.9 Å². The first-order chi connectivity index (χ1) is 8.83. The molecule has 0 spiro atoms. The Labute approximate surface area is 112 Å². The predicted octanol–water partition coefficient (Wildman–Crippen LogP) is 1.62. The summed E-state index contributed by atoms with van der Waals surface area (Å²) in [4.78, 5) is 27.1. The third kappa shape index (κ3) is 4.95. The van der Waals surface area contributed by atoms with Gasteiger partial charge in [-0.1, -0.05) is 0 Å². The van der Waals surface area contributed by atoms with Crippen molar-refractivity contribution in [3.05, 3.63) is 23.9 Å². The number of methoxy groups -OCH3 is 1. The quantitative estimate of drug-likeness (QED) is 0.834. The Hall–Kier alpha value is -2.11. The Morgan fingerprint density at radius 2 is 2.05 bits per heavy atom. The molecule has 104 valence electrons. The molecule has 6 heteroatoms. The van der Waals surface area contributed by atoms with Crippen molar-refractivity contribution in [2.24, 2.45) is 0 Å². The smallest absolute Gasteiger partial charge is 0.342 e. The van der Waals surface area contributed by atoms with E-state index in [0.717, 1.165) is 0 Å². The first kappa shape index (κ1) is 14.9. The summed E-state index contributed by atoms with van der Waals surface area (Å²) in [7, 11) is 1.29. The zero-order chi connectivity index (χ0) is 14.5. The summed E-state index contributed by atoms with van der Waals surface area (Å²) in [5, 5.41) is 2.74. The van der Waals surface area contributed by atoms with Gasteiger partial charge in [-0.15, -0.1) is 0 Å². The zero-order valence-corrected chi connectivity index (χ0v) is 11.5. The number of rotatable bonds is 4. The number of carbonyl (C=O) groups is 2. The average molecular weight is 266 g/mol. The molecule has 19 heavy (non-hydrogen) atoms. The van der Waals surface area contributed by atoms with Gasteiger partial charge in [0.05, 0.1) is 7.11 Å². The Morgan fingerprint density at radius 1 is 1.37 bits per heavy atom. The van der Waals surface area contributed by atoms with E-state index in [1.807, 2.05) is 0 Å². The highest BCUT2D eigenvalue weighted by molar-refractivity contribution is 5.95. The van der Waals surface area contributed by atoms with Gasteiger partial charge in [0, 0.05) is 6.20 Å². The van der Waals surface area contributed by atoms with E-state index in [1.165, 1.54) is 13.3 Å². The van der Waals surface area contributed by atoms with Crippen LogP contribution in [0.4, 0.5) is 5.82 Å². The minimum atomic E-state index is -0.591. The number of hydrogen-bond donors (Lipinski definition) is 1. The number of pyridine rings is 1. The lowest BCUT2D eigenvalue weighted by molar-refractivity contribution is -0.138. The van der Waals surface area contributed by atoms with Crippen molar-refractivity contribution in [3.8, 4) is 0 Å². The summed E-state index contributed by atoms with van der Waals surface area (Å²) in [5.41, 5.74) is -0.312. The van der Waals surface area contributed by atoms with Crippen LogP contribution in [0.3, 0.4) is 0 Å². The Morgan fingerprint density at radius 3 is 2.63 bits per heavy atom. The maximum Gasteiger partial charge on any atom is 0.342 e. The molecular weight excluding hydrogens is 248 g/mol. The lowest BCUT2D eigenvalue weighted by Crippen LogP contribution is -2.25. The van der Waals surface area contributed by atoms with E-state index in [2.05, 4.69) is 15.0 Å². The Kier molecular flexibility index (Phi) is 4.86. The van der Waals surface area contributed by atoms with Crippen molar-refractivity contribution in [2.45, 2.75) is 26.4 Å². The number of carbonyl (C=O) groups excluding carboxylic acids is 2. The van der Waals surface area contributed by atoms with Crippen LogP contribution in [0.1, 0.15) is 31.1 Å². The van der Waals surface area contributed by atoms with Crippen molar-refractivity contribution in [2.75, 3.05) is 19.0 Å². The summed E-state index contributed by atoms with van der Waals surface area (Å²) >= 11 is 0. The van der Waals surface area contributed by atoms with E-state index in [1.54, 1.807) is 32.9 Å². The van der Waals surface area contributed by atoms with Crippen LogP contribution in [0.25, 0.3) is 0 Å². The average Bonchev–Trinajstić information content (AvgIpc) is 2.34. The van der Waals surface area contributed by atoms with Crippen LogP contribution < -0.4 is 5.32 Å². The molecule has 0 aliphatic heterocycles. The van der Waals surface area contributed by atoms with Gasteiger partial charge in [0.2, 0.25) is 0 Å². The number of aromatic nitrogens is 1. The van der Waals surface area contributed by atoms with E-state index in [0.29, 0.717) is 5.82 Å². The number of nitrogens with zero attached hydrogens (tertiary/aromatic N) is 1. The minimum Gasteiger partial charge on any atom is -0.468 e. The van der Waals surface area contributed by atoms with Gasteiger partial charge in [-0.25, -0.2) is 9.78 Å². The third-order valence-corrected chi connectivity index (χ3v) is 2.05. The minimum absolute atomic E-state index is 0.0662. The molecule has 0 atom stereocenters. The maximum atomic E-state index is 12.0. The number of anilines is 1. The molecule has 0 saturated carbocycles. The largest absolute Gasteiger partial charge is 0.468 e. The van der Waals surface area contributed by atoms with Crippen molar-refractivity contribution < 1.29 is 19.1 Å². The molecule has 1 N–H and O–H groups in total. The van der Waals surface area contributed by atoms with Gasteiger partial charge in [0.25, 0.3) is 0 Å². The topological polar surface area (TPSA) is 77.5 Å². The van der Waals surface area contributed by atoms with Gasteiger partial charge in [-0.2, -0.15) is 0 Å². The Balaban J connectivity index is 2.83. The molecule has 0 aromatic carbocycles. The first-order valence-electron chi connectivity index (χ1n) is 5.82. The van der Waals surface area contributed by atoms with Crippen LogP contribution in [-0.4, -0.2) is 36.2 Å². The van der Waals surface area contributed by atoms with Crippen LogP contribution in [-0.2, 0) is 14.3 Å². The summed E-state index contributed by atoms with van der Waals surface area (Å²) in [6.45, 7) is 5.28. The predicted molar refractivity (Wildman–Crippen MR) is 69.9 cm³/mol. The second kappa shape index (κ2) is 6.17. The van der Waals surface area contributed by atoms with Crippen LogP contribution in [0.2, 0.25) is 0 Å². The molecule has 1 rings (SSSR count). The van der Waals surface area contributed by atoms with Gasteiger partial charge >= 0.3 is 11.9 Å². The molecule has 0 fully saturated rings. The summed E-state index contributed by atoms with van der Waals surface area (Å²) < 4.78 is 9.77. The fourth-order valence-corrected chi connectivity index (χ4v) is 1.27. The first-order valence-corrected chi connectivity index (χ1v) is 5.82. The van der Waals surface area contributed by atoms with Crippen LogP contribution in [0.15, 0.2) is 18.3 Å². The lowest BCUT2D eigenvalue weighted by atomic mass is 10.2. The van der Waals surface area contributed by atoms with Gasteiger partial charge < -0.3 is 14.8 Å². The Bertz CT molecular complexity index is 466. The fourth-order valence-electron chi connectivity index (χ4n) is 1.27. The van der Waals surface area contributed by atoms with E-state index in [4.69, 9.17) is 4.74 Å². The highest BCUT2D eigenvalue weighted by atomic mass is 16.6. The van der Waals surface area contributed by atoms with Crippen LogP contribution in [0.5, 0.6) is 0 Å². The molecule has 1 aromatic rings. The second-order valence-corrected chi connectivity index (χ2v) is 4.83. The van der Waals surface area contributed by atoms with Gasteiger partial charge in [-0.3, -0.25) is 4.79 Å². The fraction of sp³-hybridized carbons (Fsp3) is 0.462. The number of esters is 2. The van der Waals surface area contributed by atoms with Crippen molar-refractivity contribution >= 4 is 17.8 Å². The van der Waals surface area contributed by atoms with Crippen molar-refractivity contribution in [1.82, 2.24) is 4.98 Å². The van der Waals surface area contributed by atoms with E-state index >= 15 is 0 Å². The second-order valence-electron chi connectivity index (χ2n) is 4.83. The molecule has 0 aliphatic rings. The summed E-state index contributed by atoms with van der Waals surface area (Å²) in [5.74, 6) is -0.643. The molecule has 6 nitrogen and oxygen atoms in total. The molecule has 0 unspecified atom stereocenters. The molecule has 0 aliphatic carbocycles. The highest BCUT2D eigenvalue weighted by Crippen LogP contribution is 2.17. The molecule has 1 aromatic heterocycles. The summed E-state index contributed by atoms with van der Waals surface area (Å²) in [6, 6.07) is 3.21. The standard InChI is InChI=1S/C13H18N2O4/c1-13(2,3)19-12(17)9-6-5-7-14-11(9)15-8-10(16)18-4/h5-7H,8H2,1-4H3,(H,14,15). The van der Waals surface area contributed by atoms with E-state index < -0.39 is 17.5 Å². The SMILES string of the molecule is COC(=O)CNc1ncccc1C(=O)OC(C)(C)C. The molecular formula is C13H18N2O4. The maximum absolute atomic E-state index is 12.0. The van der Waals surface area contributed by atoms with Gasteiger partial charge in [0.1, 0.15) is 23.5 Å². The number of nitrogens with one attached hydrogen (secondary N) is 1. The number of ether oxygens (including phenoxy) is 2. The van der Waals surface area contributed by atoms with Crippen molar-refractivity contribution in [3.63, 3.8) is 0 Å². The highest BCUT2D eigenvalue weighted by Gasteiger charge is 2.21. The number of hydrogen-bond acceptors (Lipinski definition) is 6. The molecule has 0 bridgehead atoms. The molecule has 1 heterocycles. The van der Waals surface area contributed by atoms with E-state index in [9.17, 15) is 9.59 Å². The van der Waals surface area contributed by atoms with Crippen molar-refractivity contribution in [1.29, 1.82) is 0 Å². The van der Waals surface area contributed by atoms with Gasteiger partial charge in [0.15, 0.2) is 0 Å². The molecule has 0 saturated heterocycles. The van der Waals surface area contributed by atoms with E-state index in [-0.39, 0.29) is 12.1 Å². The normalized spacial score (nSPS) is 10.7. The van der Waals surface area contributed by atoms with Crippen LogP contribution in [0, 0.1) is 0 Å². The summed E-state index contributed by atoms with van der Waals surface area (Å²) in [6.07, 6.45) is 1.52. The monoisotopic (exact) mass is 266 g/mol. The zero-order valence-electron chi connectivity index (χ0n) is 11.5. The molecule has 0 radical (unpaired) electrons. The molecule has 0 amide bonds. The lowest BCUT2D eigenvalue weighted by Gasteiger charge is -2.20. The van der Waals surface area contributed by atoms with Crippen LogP contribution >= 0.6 is 0 Å². The third-order valence-electron chi connectivity index (χ3n) is 2.05.